The van der Waals surface area contributed by atoms with E-state index in [1.54, 1.807) is 12.1 Å². The maximum absolute atomic E-state index is 11.3. The predicted octanol–water partition coefficient (Wildman–Crippen LogP) is 1.49. The quantitative estimate of drug-likeness (QED) is 0.659. The van der Waals surface area contributed by atoms with Crippen molar-refractivity contribution >= 4 is 38.1 Å². The van der Waals surface area contributed by atoms with Crippen LogP contribution in [0.4, 0.5) is 10.8 Å². The van der Waals surface area contributed by atoms with Crippen LogP contribution >= 0.6 is 11.3 Å². The summed E-state index contributed by atoms with van der Waals surface area (Å²) in [5, 5.41) is 19.6. The average molecular weight is 388 g/mol. The molecule has 0 radical (unpaired) electrons. The Labute approximate surface area is 154 Å². The lowest BCUT2D eigenvalue weighted by molar-refractivity contribution is -0.304. The van der Waals surface area contributed by atoms with Gasteiger partial charge in [0.15, 0.2) is 5.13 Å². The van der Waals surface area contributed by atoms with Crippen molar-refractivity contribution in [3.8, 4) is 11.3 Å². The Bertz CT molecular complexity index is 1030. The summed E-state index contributed by atoms with van der Waals surface area (Å²) in [4.78, 5) is 16.1. The fourth-order valence-corrected chi connectivity index (χ4v) is 3.83. The van der Waals surface area contributed by atoms with Crippen molar-refractivity contribution in [2.45, 2.75) is 11.3 Å². The number of aromatic nitrogens is 1. The third-order valence-electron chi connectivity index (χ3n) is 3.48. The molecule has 0 aliphatic rings. The largest absolute Gasteiger partial charge is 0.550 e. The summed E-state index contributed by atoms with van der Waals surface area (Å²) in [6.45, 7) is 0. The lowest BCUT2D eigenvalue weighted by Crippen LogP contribution is -2.24. The minimum Gasteiger partial charge on any atom is -0.550 e. The molecule has 0 unspecified atom stereocenters. The molecule has 134 valence electrons. The van der Waals surface area contributed by atoms with Crippen LogP contribution in [0.15, 0.2) is 59.5 Å². The monoisotopic (exact) mass is 388 g/mol. The third-order valence-corrected chi connectivity index (χ3v) is 5.38. The summed E-state index contributed by atoms with van der Waals surface area (Å²) in [7, 11) is -3.76. The molecule has 1 heterocycles. The number of anilines is 2. The van der Waals surface area contributed by atoms with E-state index in [-0.39, 0.29) is 11.3 Å². The van der Waals surface area contributed by atoms with Gasteiger partial charge in [-0.05, 0) is 24.3 Å². The number of benzene rings is 2. The molecule has 0 spiro atoms. The van der Waals surface area contributed by atoms with Crippen LogP contribution in [-0.4, -0.2) is 19.4 Å². The van der Waals surface area contributed by atoms with E-state index in [2.05, 4.69) is 10.3 Å². The van der Waals surface area contributed by atoms with E-state index in [4.69, 9.17) is 5.14 Å². The minimum absolute atomic E-state index is 0.00445. The Hall–Kier alpha value is -2.75. The van der Waals surface area contributed by atoms with E-state index >= 15 is 0 Å². The normalized spacial score (nSPS) is 11.3. The molecular weight excluding hydrogens is 374 g/mol. The lowest BCUT2D eigenvalue weighted by atomic mass is 10.1. The molecule has 7 nitrogen and oxygen atoms in total. The summed E-state index contributed by atoms with van der Waals surface area (Å²) in [6, 6.07) is 15.1. The van der Waals surface area contributed by atoms with Gasteiger partial charge in [0.2, 0.25) is 10.0 Å². The summed E-state index contributed by atoms with van der Waals surface area (Å²) < 4.78 is 22.6. The number of hydrogen-bond donors (Lipinski definition) is 2. The number of hydrogen-bond acceptors (Lipinski definition) is 7. The van der Waals surface area contributed by atoms with Gasteiger partial charge in [0.25, 0.3) is 0 Å². The zero-order chi connectivity index (χ0) is 18.7. The number of aliphatic carboxylic acids is 1. The van der Waals surface area contributed by atoms with Gasteiger partial charge in [-0.25, -0.2) is 18.5 Å². The van der Waals surface area contributed by atoms with E-state index in [9.17, 15) is 18.3 Å². The first kappa shape index (κ1) is 18.1. The minimum atomic E-state index is -3.76. The molecule has 0 aliphatic heterocycles. The van der Waals surface area contributed by atoms with Crippen LogP contribution in [0, 0.1) is 0 Å². The Kier molecular flexibility index (Phi) is 5.03. The molecule has 0 fully saturated rings. The number of carboxylic acids is 1. The van der Waals surface area contributed by atoms with Crippen LogP contribution in [0.1, 0.15) is 4.88 Å². The van der Waals surface area contributed by atoms with Crippen molar-refractivity contribution in [1.82, 2.24) is 4.98 Å². The standard InChI is InChI=1S/C17H15N3O4S2/c18-26(23,24)13-8-6-12(7-9-13)19-17-20-16(11-4-2-1-3-5-11)14(25-17)10-15(21)22/h1-9H,10H2,(H,19,20)(H,21,22)(H2,18,23,24)/p-1. The molecule has 0 saturated carbocycles. The first-order valence-corrected chi connectivity index (χ1v) is 9.84. The predicted molar refractivity (Wildman–Crippen MR) is 97.4 cm³/mol. The van der Waals surface area contributed by atoms with Crippen molar-refractivity contribution in [2.75, 3.05) is 5.32 Å². The number of nitrogens with two attached hydrogens (primary N) is 1. The zero-order valence-corrected chi connectivity index (χ0v) is 15.0. The summed E-state index contributed by atoms with van der Waals surface area (Å²) in [5.74, 6) is -1.19. The van der Waals surface area contributed by atoms with E-state index in [0.29, 0.717) is 21.4 Å². The van der Waals surface area contributed by atoms with Crippen LogP contribution in [-0.2, 0) is 21.2 Å². The number of carbonyl (C=O) groups is 1. The zero-order valence-electron chi connectivity index (χ0n) is 13.4. The van der Waals surface area contributed by atoms with Crippen molar-refractivity contribution in [1.29, 1.82) is 0 Å². The number of sulfonamides is 1. The number of primary sulfonamides is 1. The van der Waals surface area contributed by atoms with Gasteiger partial charge in [-0.3, -0.25) is 0 Å². The number of carboxylic acid groups (broad SMARTS) is 1. The molecule has 3 N–H and O–H groups in total. The summed E-state index contributed by atoms with van der Waals surface area (Å²) in [6.07, 6.45) is -0.242. The number of carbonyl (C=O) groups excluding carboxylic acids is 1. The highest BCUT2D eigenvalue weighted by molar-refractivity contribution is 7.89. The second-order valence-electron chi connectivity index (χ2n) is 5.40. The maximum Gasteiger partial charge on any atom is 0.238 e. The van der Waals surface area contributed by atoms with Gasteiger partial charge in [-0.1, -0.05) is 30.3 Å². The van der Waals surface area contributed by atoms with Crippen molar-refractivity contribution in [3.05, 3.63) is 59.5 Å². The molecule has 0 atom stereocenters. The summed E-state index contributed by atoms with van der Waals surface area (Å²) in [5.41, 5.74) is 1.98. The number of nitrogens with zero attached hydrogens (tertiary/aromatic N) is 1. The van der Waals surface area contributed by atoms with Gasteiger partial charge >= 0.3 is 0 Å². The number of thiazole rings is 1. The third kappa shape index (κ3) is 4.26. The molecule has 1 aromatic heterocycles. The SMILES string of the molecule is NS(=O)(=O)c1ccc(Nc2nc(-c3ccccc3)c(CC(=O)[O-])s2)cc1. The van der Waals surface area contributed by atoms with Crippen molar-refractivity contribution in [3.63, 3.8) is 0 Å². The fraction of sp³-hybridized carbons (Fsp3) is 0.0588. The maximum atomic E-state index is 11.3. The lowest BCUT2D eigenvalue weighted by Gasteiger charge is -2.03. The molecule has 3 aromatic rings. The highest BCUT2D eigenvalue weighted by atomic mass is 32.2. The number of nitrogens with one attached hydrogen (secondary N) is 1. The van der Waals surface area contributed by atoms with Crippen LogP contribution < -0.4 is 15.6 Å². The van der Waals surface area contributed by atoms with Crippen LogP contribution in [0.2, 0.25) is 0 Å². The summed E-state index contributed by atoms with van der Waals surface area (Å²) >= 11 is 1.20. The molecule has 3 rings (SSSR count). The van der Waals surface area contributed by atoms with E-state index in [1.807, 2.05) is 30.3 Å². The van der Waals surface area contributed by atoms with Gasteiger partial charge in [0.1, 0.15) is 0 Å². The average Bonchev–Trinajstić information content (AvgIpc) is 2.97. The molecule has 9 heteroatoms. The highest BCUT2D eigenvalue weighted by Crippen LogP contribution is 2.33. The van der Waals surface area contributed by atoms with Gasteiger partial charge in [-0.15, -0.1) is 11.3 Å². The highest BCUT2D eigenvalue weighted by Gasteiger charge is 2.14. The van der Waals surface area contributed by atoms with Crippen molar-refractivity contribution in [2.24, 2.45) is 5.14 Å². The van der Waals surface area contributed by atoms with Crippen LogP contribution in [0.25, 0.3) is 11.3 Å². The molecule has 26 heavy (non-hydrogen) atoms. The molecule has 0 bridgehead atoms. The second kappa shape index (κ2) is 7.24. The Balaban J connectivity index is 1.91. The topological polar surface area (TPSA) is 125 Å². The van der Waals surface area contributed by atoms with E-state index in [0.717, 1.165) is 5.56 Å². The van der Waals surface area contributed by atoms with Crippen LogP contribution in [0.3, 0.4) is 0 Å². The first-order chi connectivity index (χ1) is 12.3. The first-order valence-electron chi connectivity index (χ1n) is 7.48. The Morgan fingerprint density at radius 1 is 1.12 bits per heavy atom. The van der Waals surface area contributed by atoms with Gasteiger partial charge in [0, 0.05) is 28.5 Å². The Morgan fingerprint density at radius 3 is 2.35 bits per heavy atom. The van der Waals surface area contributed by atoms with Crippen molar-refractivity contribution < 1.29 is 18.3 Å². The molecular formula is C17H14N3O4S2-. The van der Waals surface area contributed by atoms with Gasteiger partial charge in [0.05, 0.1) is 10.6 Å². The smallest absolute Gasteiger partial charge is 0.238 e. The van der Waals surface area contributed by atoms with Gasteiger partial charge < -0.3 is 15.2 Å². The molecule has 0 saturated heterocycles. The fourth-order valence-electron chi connectivity index (χ4n) is 2.33. The number of rotatable bonds is 6. The Morgan fingerprint density at radius 2 is 1.77 bits per heavy atom. The van der Waals surface area contributed by atoms with E-state index in [1.165, 1.54) is 23.5 Å². The second-order valence-corrected chi connectivity index (χ2v) is 8.05. The molecule has 2 aromatic carbocycles. The molecule has 0 aliphatic carbocycles. The van der Waals surface area contributed by atoms with E-state index < -0.39 is 16.0 Å². The van der Waals surface area contributed by atoms with Gasteiger partial charge in [-0.2, -0.15) is 0 Å². The molecule has 0 amide bonds. The van der Waals surface area contributed by atoms with Crippen LogP contribution in [0.5, 0.6) is 0 Å².